The maximum atomic E-state index is 11.9. The van der Waals surface area contributed by atoms with Crippen molar-refractivity contribution < 1.29 is 14.3 Å². The van der Waals surface area contributed by atoms with Gasteiger partial charge in [-0.2, -0.15) is 0 Å². The van der Waals surface area contributed by atoms with Gasteiger partial charge in [0.05, 0.1) is 6.10 Å². The van der Waals surface area contributed by atoms with Crippen LogP contribution in [0, 0.1) is 13.8 Å². The zero-order valence-corrected chi connectivity index (χ0v) is 15.5. The van der Waals surface area contributed by atoms with E-state index in [9.17, 15) is 4.79 Å². The molecule has 0 aromatic heterocycles. The van der Waals surface area contributed by atoms with Crippen LogP contribution in [0.1, 0.15) is 30.5 Å². The smallest absolute Gasteiger partial charge is 0.257 e. The summed E-state index contributed by atoms with van der Waals surface area (Å²) in [7, 11) is 0. The number of rotatable bonds is 8. The summed E-state index contributed by atoms with van der Waals surface area (Å²) in [6, 6.07) is 13.9. The van der Waals surface area contributed by atoms with Gasteiger partial charge in [-0.1, -0.05) is 29.8 Å². The van der Waals surface area contributed by atoms with Gasteiger partial charge >= 0.3 is 0 Å². The quantitative estimate of drug-likeness (QED) is 0.794. The standard InChI is InChI=1S/C21H27NO3/c1-15(2)25-19-8-6-18(7-9-19)11-12-22-21(23)14-24-20-10-5-16(3)13-17(20)4/h5-10,13,15H,11-12,14H2,1-4H3,(H,22,23). The van der Waals surface area contributed by atoms with E-state index in [4.69, 9.17) is 9.47 Å². The Labute approximate surface area is 150 Å². The molecule has 0 aliphatic rings. The molecule has 0 atom stereocenters. The van der Waals surface area contributed by atoms with Gasteiger partial charge in [0.25, 0.3) is 5.91 Å². The lowest BCUT2D eigenvalue weighted by Gasteiger charge is -2.11. The summed E-state index contributed by atoms with van der Waals surface area (Å²) < 4.78 is 11.2. The predicted octanol–water partition coefficient (Wildman–Crippen LogP) is 3.83. The number of aryl methyl sites for hydroxylation is 2. The fraction of sp³-hybridized carbons (Fsp3) is 0.381. The van der Waals surface area contributed by atoms with Gasteiger partial charge in [0.2, 0.25) is 0 Å². The molecule has 0 unspecified atom stereocenters. The third-order valence-electron chi connectivity index (χ3n) is 3.72. The highest BCUT2D eigenvalue weighted by Crippen LogP contribution is 2.18. The Kier molecular flexibility index (Phi) is 6.87. The molecule has 0 aliphatic heterocycles. The van der Waals surface area contributed by atoms with Crippen molar-refractivity contribution in [2.24, 2.45) is 0 Å². The van der Waals surface area contributed by atoms with Crippen LogP contribution in [0.2, 0.25) is 0 Å². The molecule has 0 spiro atoms. The Morgan fingerprint density at radius 1 is 1.08 bits per heavy atom. The van der Waals surface area contributed by atoms with Gasteiger partial charge in [-0.3, -0.25) is 4.79 Å². The topological polar surface area (TPSA) is 47.6 Å². The van der Waals surface area contributed by atoms with Crippen LogP contribution in [0.5, 0.6) is 11.5 Å². The first-order valence-electron chi connectivity index (χ1n) is 8.66. The monoisotopic (exact) mass is 341 g/mol. The molecular weight excluding hydrogens is 314 g/mol. The lowest BCUT2D eigenvalue weighted by molar-refractivity contribution is -0.123. The van der Waals surface area contributed by atoms with Crippen LogP contribution in [-0.4, -0.2) is 25.2 Å². The molecule has 134 valence electrons. The first-order chi connectivity index (χ1) is 11.9. The second-order valence-corrected chi connectivity index (χ2v) is 6.47. The molecule has 25 heavy (non-hydrogen) atoms. The molecule has 0 bridgehead atoms. The second-order valence-electron chi connectivity index (χ2n) is 6.47. The summed E-state index contributed by atoms with van der Waals surface area (Å²) in [6.07, 6.45) is 0.944. The van der Waals surface area contributed by atoms with Crippen LogP contribution in [0.25, 0.3) is 0 Å². The molecule has 2 aromatic carbocycles. The zero-order valence-electron chi connectivity index (χ0n) is 15.5. The molecule has 0 heterocycles. The lowest BCUT2D eigenvalue weighted by Crippen LogP contribution is -2.30. The molecule has 2 aromatic rings. The van der Waals surface area contributed by atoms with Gasteiger partial charge in [-0.05, 0) is 63.4 Å². The minimum absolute atomic E-state index is 0.0328. The number of ether oxygens (including phenoxy) is 2. The normalized spacial score (nSPS) is 10.6. The van der Waals surface area contributed by atoms with Gasteiger partial charge in [0.15, 0.2) is 6.61 Å². The molecular formula is C21H27NO3. The highest BCUT2D eigenvalue weighted by molar-refractivity contribution is 5.77. The summed E-state index contributed by atoms with van der Waals surface area (Å²) in [5.41, 5.74) is 3.38. The Balaban J connectivity index is 1.71. The van der Waals surface area contributed by atoms with Crippen molar-refractivity contribution in [2.75, 3.05) is 13.2 Å². The summed E-state index contributed by atoms with van der Waals surface area (Å²) >= 11 is 0. The average Bonchev–Trinajstić information content (AvgIpc) is 2.55. The van der Waals surface area contributed by atoms with E-state index in [0.717, 1.165) is 29.0 Å². The van der Waals surface area contributed by atoms with Crippen LogP contribution >= 0.6 is 0 Å². The largest absolute Gasteiger partial charge is 0.491 e. The number of benzene rings is 2. The van der Waals surface area contributed by atoms with Crippen molar-refractivity contribution in [3.63, 3.8) is 0 Å². The van der Waals surface area contributed by atoms with E-state index in [1.54, 1.807) is 0 Å². The van der Waals surface area contributed by atoms with E-state index in [0.29, 0.717) is 6.54 Å². The molecule has 0 saturated heterocycles. The summed E-state index contributed by atoms with van der Waals surface area (Å²) in [5.74, 6) is 1.51. The highest BCUT2D eigenvalue weighted by atomic mass is 16.5. The van der Waals surface area contributed by atoms with Crippen molar-refractivity contribution >= 4 is 5.91 Å². The molecule has 1 amide bonds. The molecule has 2 rings (SSSR count). The molecule has 0 saturated carbocycles. The minimum atomic E-state index is -0.111. The number of hydrogen-bond acceptors (Lipinski definition) is 3. The number of amides is 1. The minimum Gasteiger partial charge on any atom is -0.491 e. The lowest BCUT2D eigenvalue weighted by atomic mass is 10.1. The number of carbonyl (C=O) groups excluding carboxylic acids is 1. The van der Waals surface area contributed by atoms with Gasteiger partial charge in [-0.15, -0.1) is 0 Å². The number of hydrogen-bond donors (Lipinski definition) is 1. The van der Waals surface area contributed by atoms with Crippen molar-refractivity contribution in [1.29, 1.82) is 0 Å². The Morgan fingerprint density at radius 3 is 2.44 bits per heavy atom. The summed E-state index contributed by atoms with van der Waals surface area (Å²) in [5, 5.41) is 2.88. The Morgan fingerprint density at radius 2 is 1.80 bits per heavy atom. The van der Waals surface area contributed by atoms with E-state index in [1.807, 2.05) is 70.2 Å². The van der Waals surface area contributed by atoms with Crippen LogP contribution in [0.4, 0.5) is 0 Å². The van der Waals surface area contributed by atoms with Crippen LogP contribution in [-0.2, 0) is 11.2 Å². The van der Waals surface area contributed by atoms with Crippen molar-refractivity contribution in [3.05, 3.63) is 59.2 Å². The molecule has 0 fully saturated rings. The van der Waals surface area contributed by atoms with Crippen molar-refractivity contribution in [3.8, 4) is 11.5 Å². The van der Waals surface area contributed by atoms with E-state index in [-0.39, 0.29) is 18.6 Å². The summed E-state index contributed by atoms with van der Waals surface area (Å²) in [6.45, 7) is 8.63. The van der Waals surface area contributed by atoms with E-state index in [1.165, 1.54) is 5.56 Å². The maximum Gasteiger partial charge on any atom is 0.257 e. The van der Waals surface area contributed by atoms with Gasteiger partial charge in [0.1, 0.15) is 11.5 Å². The SMILES string of the molecule is Cc1ccc(OCC(=O)NCCc2ccc(OC(C)C)cc2)c(C)c1. The van der Waals surface area contributed by atoms with E-state index >= 15 is 0 Å². The number of carbonyl (C=O) groups is 1. The maximum absolute atomic E-state index is 11.9. The Bertz CT molecular complexity index is 693. The highest BCUT2D eigenvalue weighted by Gasteiger charge is 2.05. The van der Waals surface area contributed by atoms with Gasteiger partial charge < -0.3 is 14.8 Å². The third-order valence-corrected chi connectivity index (χ3v) is 3.72. The average molecular weight is 341 g/mol. The van der Waals surface area contributed by atoms with E-state index in [2.05, 4.69) is 5.32 Å². The van der Waals surface area contributed by atoms with Crippen LogP contribution in [0.3, 0.4) is 0 Å². The van der Waals surface area contributed by atoms with Gasteiger partial charge in [0, 0.05) is 6.54 Å². The van der Waals surface area contributed by atoms with Crippen LogP contribution in [0.15, 0.2) is 42.5 Å². The molecule has 4 nitrogen and oxygen atoms in total. The third kappa shape index (κ3) is 6.49. The first-order valence-corrected chi connectivity index (χ1v) is 8.66. The Hall–Kier alpha value is -2.49. The van der Waals surface area contributed by atoms with Crippen molar-refractivity contribution in [1.82, 2.24) is 5.32 Å². The predicted molar refractivity (Wildman–Crippen MR) is 100 cm³/mol. The summed E-state index contributed by atoms with van der Waals surface area (Å²) in [4.78, 5) is 11.9. The zero-order chi connectivity index (χ0) is 18.2. The van der Waals surface area contributed by atoms with E-state index < -0.39 is 0 Å². The second kappa shape index (κ2) is 9.11. The fourth-order valence-corrected chi connectivity index (χ4v) is 2.51. The van der Waals surface area contributed by atoms with Gasteiger partial charge in [-0.25, -0.2) is 0 Å². The first kappa shape index (κ1) is 18.8. The van der Waals surface area contributed by atoms with Crippen molar-refractivity contribution in [2.45, 2.75) is 40.2 Å². The molecule has 0 aliphatic carbocycles. The fourth-order valence-electron chi connectivity index (χ4n) is 2.51. The molecule has 0 radical (unpaired) electrons. The molecule has 4 heteroatoms. The van der Waals surface area contributed by atoms with Crippen LogP contribution < -0.4 is 14.8 Å². The number of nitrogens with one attached hydrogen (secondary N) is 1. The molecule has 1 N–H and O–H groups in total.